The maximum Gasteiger partial charge on any atom is 0.339 e. The van der Waals surface area contributed by atoms with Crippen LogP contribution in [0.5, 0.6) is 0 Å². The number of aryl methyl sites for hydroxylation is 3. The number of anilines is 1. The van der Waals surface area contributed by atoms with Crippen molar-refractivity contribution in [2.24, 2.45) is 5.10 Å². The van der Waals surface area contributed by atoms with E-state index in [1.54, 1.807) is 30.5 Å². The Bertz CT molecular complexity index is 1070. The molecule has 1 heterocycles. The molecule has 2 amide bonds. The largest absolute Gasteiger partial charge is 0.339 e. The molecule has 0 fully saturated rings. The van der Waals surface area contributed by atoms with E-state index in [1.165, 1.54) is 16.8 Å². The normalized spacial score (nSPS) is 11.1. The molecule has 0 atom stereocenters. The SMILES string of the molecule is CCc1cccc(C)c1-n1c(C)cc(/C=N/NC(=O)Nc2ccccc2Cl)c1C. The van der Waals surface area contributed by atoms with Crippen molar-refractivity contribution in [1.82, 2.24) is 9.99 Å². The number of halogens is 1. The summed E-state index contributed by atoms with van der Waals surface area (Å²) in [5, 5.41) is 7.25. The summed E-state index contributed by atoms with van der Waals surface area (Å²) < 4.78 is 2.25. The van der Waals surface area contributed by atoms with Crippen LogP contribution in [0.1, 0.15) is 35.0 Å². The number of hydrogen-bond acceptors (Lipinski definition) is 2. The minimum Gasteiger partial charge on any atom is -0.317 e. The third kappa shape index (κ3) is 4.51. The van der Waals surface area contributed by atoms with E-state index in [0.29, 0.717) is 10.7 Å². The quantitative estimate of drug-likeness (QED) is 0.408. The Morgan fingerprint density at radius 1 is 1.14 bits per heavy atom. The van der Waals surface area contributed by atoms with Crippen molar-refractivity contribution in [2.45, 2.75) is 34.1 Å². The maximum atomic E-state index is 12.1. The zero-order valence-electron chi connectivity index (χ0n) is 17.1. The fourth-order valence-electron chi connectivity index (χ4n) is 3.46. The Hall–Kier alpha value is -3.05. The zero-order valence-corrected chi connectivity index (χ0v) is 17.8. The second kappa shape index (κ2) is 8.97. The van der Waals surface area contributed by atoms with Gasteiger partial charge >= 0.3 is 6.03 Å². The average molecular weight is 409 g/mol. The van der Waals surface area contributed by atoms with Crippen LogP contribution >= 0.6 is 11.6 Å². The first-order chi connectivity index (χ1) is 13.9. The predicted octanol–water partition coefficient (Wildman–Crippen LogP) is 5.77. The van der Waals surface area contributed by atoms with Gasteiger partial charge in [-0.15, -0.1) is 0 Å². The predicted molar refractivity (Wildman–Crippen MR) is 121 cm³/mol. The highest BCUT2D eigenvalue weighted by Crippen LogP contribution is 2.26. The molecule has 3 aromatic rings. The summed E-state index contributed by atoms with van der Waals surface area (Å²) in [5.74, 6) is 0. The van der Waals surface area contributed by atoms with E-state index < -0.39 is 6.03 Å². The number of amides is 2. The molecule has 2 aromatic carbocycles. The molecule has 0 unspecified atom stereocenters. The summed E-state index contributed by atoms with van der Waals surface area (Å²) in [4.78, 5) is 12.1. The molecule has 0 aliphatic carbocycles. The van der Waals surface area contributed by atoms with Crippen molar-refractivity contribution < 1.29 is 4.79 Å². The first-order valence-electron chi connectivity index (χ1n) is 9.54. The molecular weight excluding hydrogens is 384 g/mol. The van der Waals surface area contributed by atoms with Crippen LogP contribution in [0.3, 0.4) is 0 Å². The van der Waals surface area contributed by atoms with Crippen molar-refractivity contribution in [3.8, 4) is 5.69 Å². The molecule has 3 rings (SSSR count). The summed E-state index contributed by atoms with van der Waals surface area (Å²) in [6.07, 6.45) is 2.62. The van der Waals surface area contributed by atoms with Crippen LogP contribution < -0.4 is 10.7 Å². The summed E-state index contributed by atoms with van der Waals surface area (Å²) in [7, 11) is 0. The number of hydrazone groups is 1. The lowest BCUT2D eigenvalue weighted by Crippen LogP contribution is -2.24. The van der Waals surface area contributed by atoms with Gasteiger partial charge in [-0.25, -0.2) is 10.2 Å². The van der Waals surface area contributed by atoms with E-state index in [0.717, 1.165) is 23.4 Å². The maximum absolute atomic E-state index is 12.1. The molecule has 0 aliphatic rings. The molecule has 5 nitrogen and oxygen atoms in total. The third-order valence-electron chi connectivity index (χ3n) is 4.89. The van der Waals surface area contributed by atoms with Gasteiger partial charge in [0.15, 0.2) is 0 Å². The number of para-hydroxylation sites is 2. The van der Waals surface area contributed by atoms with Crippen molar-refractivity contribution >= 4 is 29.5 Å². The van der Waals surface area contributed by atoms with E-state index in [-0.39, 0.29) is 0 Å². The van der Waals surface area contributed by atoms with Gasteiger partial charge in [0, 0.05) is 17.0 Å². The van der Waals surface area contributed by atoms with Crippen molar-refractivity contribution in [3.63, 3.8) is 0 Å². The van der Waals surface area contributed by atoms with Crippen molar-refractivity contribution in [3.05, 3.63) is 81.6 Å². The Morgan fingerprint density at radius 3 is 2.62 bits per heavy atom. The second-order valence-electron chi connectivity index (χ2n) is 6.90. The molecule has 0 spiro atoms. The van der Waals surface area contributed by atoms with Gasteiger partial charge in [0.25, 0.3) is 0 Å². The Kier molecular flexibility index (Phi) is 6.39. The van der Waals surface area contributed by atoms with Crippen LogP contribution in [0.4, 0.5) is 10.5 Å². The summed E-state index contributed by atoms with van der Waals surface area (Å²) >= 11 is 6.05. The summed E-state index contributed by atoms with van der Waals surface area (Å²) in [5.41, 5.74) is 9.91. The van der Waals surface area contributed by atoms with Gasteiger partial charge < -0.3 is 9.88 Å². The molecule has 6 heteroatoms. The summed E-state index contributed by atoms with van der Waals surface area (Å²) in [6, 6.07) is 15.0. The molecule has 0 radical (unpaired) electrons. The Balaban J connectivity index is 1.79. The molecule has 1 aromatic heterocycles. The van der Waals surface area contributed by atoms with Crippen LogP contribution in [0.15, 0.2) is 53.6 Å². The van der Waals surface area contributed by atoms with Gasteiger partial charge in [-0.3, -0.25) is 0 Å². The molecule has 0 saturated carbocycles. The smallest absolute Gasteiger partial charge is 0.317 e. The number of hydrogen-bond donors (Lipinski definition) is 2. The summed E-state index contributed by atoms with van der Waals surface area (Å²) in [6.45, 7) is 8.43. The number of carbonyl (C=O) groups is 1. The lowest BCUT2D eigenvalue weighted by Gasteiger charge is -2.17. The van der Waals surface area contributed by atoms with Gasteiger partial charge in [-0.2, -0.15) is 5.10 Å². The van der Waals surface area contributed by atoms with Gasteiger partial charge in [-0.05, 0) is 56.5 Å². The molecule has 2 N–H and O–H groups in total. The number of aromatic nitrogens is 1. The standard InChI is InChI=1S/C23H25ClN4O/c1-5-18-10-8-9-15(2)22(18)28-16(3)13-19(17(28)4)14-25-27-23(29)26-21-12-7-6-11-20(21)24/h6-14H,5H2,1-4H3,(H2,26,27,29)/b25-14+. The van der Waals surface area contributed by atoms with E-state index in [9.17, 15) is 4.79 Å². The first kappa shape index (κ1) is 20.7. The van der Waals surface area contributed by atoms with E-state index in [1.807, 2.05) is 0 Å². The van der Waals surface area contributed by atoms with Crippen LogP contribution in [0.25, 0.3) is 5.69 Å². The fourth-order valence-corrected chi connectivity index (χ4v) is 3.64. The Labute approximate surface area is 176 Å². The number of urea groups is 1. The van der Waals surface area contributed by atoms with Crippen LogP contribution in [-0.4, -0.2) is 16.8 Å². The molecule has 0 saturated heterocycles. The Morgan fingerprint density at radius 2 is 1.90 bits per heavy atom. The van der Waals surface area contributed by atoms with Gasteiger partial charge in [0.2, 0.25) is 0 Å². The first-order valence-corrected chi connectivity index (χ1v) is 9.92. The van der Waals surface area contributed by atoms with Crippen LogP contribution in [-0.2, 0) is 6.42 Å². The van der Waals surface area contributed by atoms with Gasteiger partial charge in [0.05, 0.1) is 22.6 Å². The molecule has 0 bridgehead atoms. The zero-order chi connectivity index (χ0) is 21.0. The highest BCUT2D eigenvalue weighted by Gasteiger charge is 2.14. The third-order valence-corrected chi connectivity index (χ3v) is 5.22. The lowest BCUT2D eigenvalue weighted by molar-refractivity contribution is 0.252. The van der Waals surface area contributed by atoms with Crippen LogP contribution in [0, 0.1) is 20.8 Å². The minimum absolute atomic E-state index is 0.449. The highest BCUT2D eigenvalue weighted by atomic mass is 35.5. The topological polar surface area (TPSA) is 58.4 Å². The molecule has 29 heavy (non-hydrogen) atoms. The highest BCUT2D eigenvalue weighted by molar-refractivity contribution is 6.33. The molecular formula is C23H25ClN4O. The fraction of sp³-hybridized carbons (Fsp3) is 0.217. The number of nitrogens with one attached hydrogen (secondary N) is 2. The average Bonchev–Trinajstić information content (AvgIpc) is 2.97. The number of carbonyl (C=O) groups excluding carboxylic acids is 1. The molecule has 0 aliphatic heterocycles. The second-order valence-corrected chi connectivity index (χ2v) is 7.31. The lowest BCUT2D eigenvalue weighted by atomic mass is 10.1. The van der Waals surface area contributed by atoms with Gasteiger partial charge in [-0.1, -0.05) is 48.9 Å². The van der Waals surface area contributed by atoms with Crippen LogP contribution in [0.2, 0.25) is 5.02 Å². The number of rotatable bonds is 5. The van der Waals surface area contributed by atoms with E-state index in [2.05, 4.69) is 72.4 Å². The van der Waals surface area contributed by atoms with Gasteiger partial charge in [0.1, 0.15) is 0 Å². The number of benzene rings is 2. The van der Waals surface area contributed by atoms with Crippen molar-refractivity contribution in [2.75, 3.05) is 5.32 Å². The van der Waals surface area contributed by atoms with E-state index in [4.69, 9.17) is 11.6 Å². The van der Waals surface area contributed by atoms with Crippen molar-refractivity contribution in [1.29, 1.82) is 0 Å². The number of nitrogens with zero attached hydrogens (tertiary/aromatic N) is 2. The minimum atomic E-state index is -0.449. The van der Waals surface area contributed by atoms with E-state index >= 15 is 0 Å². The molecule has 150 valence electrons. The monoisotopic (exact) mass is 408 g/mol.